The predicted octanol–water partition coefficient (Wildman–Crippen LogP) is 0.635. The van der Waals surface area contributed by atoms with Crippen LogP contribution in [0.3, 0.4) is 0 Å². The summed E-state index contributed by atoms with van der Waals surface area (Å²) < 4.78 is 0.979. The van der Waals surface area contributed by atoms with Gasteiger partial charge in [-0.2, -0.15) is 0 Å². The van der Waals surface area contributed by atoms with Gasteiger partial charge in [0.05, 0.1) is 28.5 Å². The molecule has 3 aromatic rings. The van der Waals surface area contributed by atoms with Gasteiger partial charge in [-0.1, -0.05) is 0 Å². The number of H-pyrrole nitrogens is 1. The quantitative estimate of drug-likeness (QED) is 0.485. The van der Waals surface area contributed by atoms with E-state index >= 15 is 0 Å². The lowest BCUT2D eigenvalue weighted by molar-refractivity contribution is 0.0878. The van der Waals surface area contributed by atoms with Crippen molar-refractivity contribution in [3.8, 4) is 0 Å². The van der Waals surface area contributed by atoms with Gasteiger partial charge in [0.1, 0.15) is 4.88 Å². The van der Waals surface area contributed by atoms with Gasteiger partial charge < -0.3 is 20.9 Å². The number of fused-ring (bicyclic) bond motifs is 5. The molecule has 2 aliphatic heterocycles. The normalized spacial score (nSPS) is 19.0. The second-order valence-electron chi connectivity index (χ2n) is 6.08. The van der Waals surface area contributed by atoms with Crippen molar-refractivity contribution in [1.29, 1.82) is 0 Å². The van der Waals surface area contributed by atoms with Gasteiger partial charge in [0, 0.05) is 29.7 Å². The summed E-state index contributed by atoms with van der Waals surface area (Å²) in [5, 5.41) is 10.7. The molecule has 0 saturated carbocycles. The number of thiophene rings is 1. The fraction of sp³-hybridized carbons (Fsp3) is 0.267. The van der Waals surface area contributed by atoms with Crippen LogP contribution >= 0.6 is 11.3 Å². The SMILES string of the molecule is O=C1NC2(CNC2)CNc2c1sc1ccc3[nH]c(=O)cnc3c21. The molecule has 2 aliphatic rings. The van der Waals surface area contributed by atoms with Crippen molar-refractivity contribution in [2.24, 2.45) is 0 Å². The number of hydrogen-bond acceptors (Lipinski definition) is 6. The van der Waals surface area contributed by atoms with Gasteiger partial charge in [0.25, 0.3) is 11.5 Å². The van der Waals surface area contributed by atoms with Crippen LogP contribution < -0.4 is 21.5 Å². The lowest BCUT2D eigenvalue weighted by Crippen LogP contribution is -2.71. The average molecular weight is 327 g/mol. The molecule has 23 heavy (non-hydrogen) atoms. The number of nitrogens with one attached hydrogen (secondary N) is 4. The summed E-state index contributed by atoms with van der Waals surface area (Å²) in [6.07, 6.45) is 1.28. The van der Waals surface area contributed by atoms with E-state index in [2.05, 4.69) is 25.9 Å². The summed E-state index contributed by atoms with van der Waals surface area (Å²) in [6.45, 7) is 2.21. The van der Waals surface area contributed by atoms with E-state index in [1.54, 1.807) is 0 Å². The van der Waals surface area contributed by atoms with Crippen LogP contribution in [0.1, 0.15) is 9.67 Å². The Labute approximate surface area is 134 Å². The van der Waals surface area contributed by atoms with E-state index in [4.69, 9.17) is 0 Å². The molecule has 0 radical (unpaired) electrons. The highest BCUT2D eigenvalue weighted by molar-refractivity contribution is 7.21. The second kappa shape index (κ2) is 4.30. The molecule has 4 heterocycles. The van der Waals surface area contributed by atoms with Crippen molar-refractivity contribution in [3.05, 3.63) is 33.6 Å². The van der Waals surface area contributed by atoms with Crippen molar-refractivity contribution in [2.75, 3.05) is 25.0 Å². The molecule has 1 amide bonds. The van der Waals surface area contributed by atoms with Crippen LogP contribution in [0.2, 0.25) is 0 Å². The number of amides is 1. The maximum atomic E-state index is 12.6. The highest BCUT2D eigenvalue weighted by atomic mass is 32.1. The number of nitrogens with zero attached hydrogens (tertiary/aromatic N) is 1. The first-order valence-electron chi connectivity index (χ1n) is 7.37. The molecule has 1 saturated heterocycles. The highest BCUT2D eigenvalue weighted by Gasteiger charge is 2.41. The fourth-order valence-electron chi connectivity index (χ4n) is 3.27. The molecule has 1 spiro atoms. The van der Waals surface area contributed by atoms with Crippen molar-refractivity contribution in [2.45, 2.75) is 5.54 Å². The molecular weight excluding hydrogens is 314 g/mol. The van der Waals surface area contributed by atoms with Crippen molar-refractivity contribution < 1.29 is 4.79 Å². The zero-order valence-electron chi connectivity index (χ0n) is 12.0. The molecule has 5 rings (SSSR count). The molecule has 7 nitrogen and oxygen atoms in total. The topological polar surface area (TPSA) is 98.9 Å². The van der Waals surface area contributed by atoms with E-state index in [0.29, 0.717) is 22.5 Å². The third-order valence-corrected chi connectivity index (χ3v) is 5.67. The molecule has 1 fully saturated rings. The number of benzene rings is 1. The van der Waals surface area contributed by atoms with Gasteiger partial charge in [-0.3, -0.25) is 9.59 Å². The lowest BCUT2D eigenvalue weighted by Gasteiger charge is -2.42. The molecule has 116 valence electrons. The van der Waals surface area contributed by atoms with Gasteiger partial charge >= 0.3 is 0 Å². The van der Waals surface area contributed by atoms with Crippen LogP contribution in [-0.4, -0.2) is 41.0 Å². The molecule has 4 N–H and O–H groups in total. The Morgan fingerprint density at radius 2 is 2.04 bits per heavy atom. The monoisotopic (exact) mass is 327 g/mol. The van der Waals surface area contributed by atoms with Crippen LogP contribution in [0.5, 0.6) is 0 Å². The van der Waals surface area contributed by atoms with E-state index in [1.807, 2.05) is 12.1 Å². The van der Waals surface area contributed by atoms with Gasteiger partial charge in [0.2, 0.25) is 0 Å². The first kappa shape index (κ1) is 13.0. The van der Waals surface area contributed by atoms with E-state index in [0.717, 1.165) is 28.9 Å². The molecule has 0 aliphatic carbocycles. The zero-order valence-corrected chi connectivity index (χ0v) is 12.8. The minimum atomic E-state index is -0.233. The molecule has 0 bridgehead atoms. The zero-order chi connectivity index (χ0) is 15.6. The third-order valence-electron chi connectivity index (χ3n) is 4.51. The van der Waals surface area contributed by atoms with E-state index in [9.17, 15) is 9.59 Å². The van der Waals surface area contributed by atoms with Crippen molar-refractivity contribution in [1.82, 2.24) is 20.6 Å². The number of carbonyl (C=O) groups excluding carboxylic acids is 1. The maximum absolute atomic E-state index is 12.6. The van der Waals surface area contributed by atoms with Crippen LogP contribution in [-0.2, 0) is 0 Å². The minimum absolute atomic E-state index is 0.0507. The summed E-state index contributed by atoms with van der Waals surface area (Å²) in [6, 6.07) is 3.75. The maximum Gasteiger partial charge on any atom is 0.266 e. The Morgan fingerprint density at radius 3 is 2.83 bits per heavy atom. The average Bonchev–Trinajstić information content (AvgIpc) is 2.81. The number of anilines is 1. The van der Waals surface area contributed by atoms with E-state index in [1.165, 1.54) is 17.5 Å². The minimum Gasteiger partial charge on any atom is -0.381 e. The molecule has 8 heteroatoms. The Bertz CT molecular complexity index is 1030. The fourth-order valence-corrected chi connectivity index (χ4v) is 4.34. The largest absolute Gasteiger partial charge is 0.381 e. The van der Waals surface area contributed by atoms with Crippen LogP contribution in [0, 0.1) is 0 Å². The van der Waals surface area contributed by atoms with Crippen LogP contribution in [0.15, 0.2) is 23.1 Å². The van der Waals surface area contributed by atoms with Crippen LogP contribution in [0.4, 0.5) is 5.69 Å². The second-order valence-corrected chi connectivity index (χ2v) is 7.13. The Morgan fingerprint density at radius 1 is 1.17 bits per heavy atom. The summed E-state index contributed by atoms with van der Waals surface area (Å²) in [7, 11) is 0. The summed E-state index contributed by atoms with van der Waals surface area (Å²) in [5.41, 5.74) is 1.76. The number of aromatic amines is 1. The van der Waals surface area contributed by atoms with Gasteiger partial charge in [-0.15, -0.1) is 11.3 Å². The van der Waals surface area contributed by atoms with Crippen molar-refractivity contribution >= 4 is 44.1 Å². The first-order valence-corrected chi connectivity index (χ1v) is 8.19. The van der Waals surface area contributed by atoms with E-state index in [-0.39, 0.29) is 17.0 Å². The number of rotatable bonds is 0. The van der Waals surface area contributed by atoms with Gasteiger partial charge in [0.15, 0.2) is 0 Å². The lowest BCUT2D eigenvalue weighted by atomic mass is 9.92. The third kappa shape index (κ3) is 1.76. The Balaban J connectivity index is 1.78. The smallest absolute Gasteiger partial charge is 0.266 e. The van der Waals surface area contributed by atoms with Crippen LogP contribution in [0.25, 0.3) is 21.1 Å². The molecule has 1 aromatic carbocycles. The number of carbonyl (C=O) groups is 1. The molecular formula is C15H13N5O2S. The number of hydrogen-bond donors (Lipinski definition) is 4. The Hall–Kier alpha value is -2.45. The standard InChI is InChI=1S/C15H13N5O2S/c21-9-3-17-11-7(19-9)1-2-8-10(11)12-13(23-8)14(22)20-15(6-18-12)4-16-5-15/h1-3,16,18H,4-6H2,(H,19,21)(H,20,22). The highest BCUT2D eigenvalue weighted by Crippen LogP contribution is 2.40. The van der Waals surface area contributed by atoms with Crippen molar-refractivity contribution in [3.63, 3.8) is 0 Å². The summed E-state index contributed by atoms with van der Waals surface area (Å²) in [4.78, 5) is 31.9. The number of aromatic nitrogens is 2. The molecule has 0 atom stereocenters. The summed E-state index contributed by atoms with van der Waals surface area (Å²) >= 11 is 1.45. The Kier molecular flexibility index (Phi) is 2.44. The molecule has 0 unspecified atom stereocenters. The van der Waals surface area contributed by atoms with E-state index < -0.39 is 0 Å². The first-order chi connectivity index (χ1) is 11.2. The summed E-state index contributed by atoms with van der Waals surface area (Å²) in [5.74, 6) is -0.0507. The van der Waals surface area contributed by atoms with Gasteiger partial charge in [-0.05, 0) is 12.1 Å². The molecule has 2 aromatic heterocycles. The van der Waals surface area contributed by atoms with Gasteiger partial charge in [-0.25, -0.2) is 4.98 Å². The predicted molar refractivity (Wildman–Crippen MR) is 89.3 cm³/mol.